The van der Waals surface area contributed by atoms with Gasteiger partial charge in [0, 0.05) is 4.47 Å². The van der Waals surface area contributed by atoms with Crippen LogP contribution in [0.25, 0.3) is 0 Å². The van der Waals surface area contributed by atoms with E-state index in [2.05, 4.69) is 20.7 Å². The SMILES string of the molecule is Cc1ccc(NS(=O)(=O)c2c(F)cccc2F)c(Br)c1. The molecule has 0 radical (unpaired) electrons. The minimum atomic E-state index is -4.34. The third-order valence-corrected chi connectivity index (χ3v) is 4.63. The maximum atomic E-state index is 13.5. The van der Waals surface area contributed by atoms with E-state index < -0.39 is 26.6 Å². The summed E-state index contributed by atoms with van der Waals surface area (Å²) in [5.74, 6) is -2.28. The van der Waals surface area contributed by atoms with E-state index in [4.69, 9.17) is 0 Å². The molecule has 0 saturated carbocycles. The smallest absolute Gasteiger partial charge is 0.267 e. The van der Waals surface area contributed by atoms with Crippen LogP contribution in [-0.2, 0) is 10.0 Å². The fourth-order valence-corrected chi connectivity index (χ4v) is 3.58. The zero-order valence-corrected chi connectivity index (χ0v) is 12.7. The summed E-state index contributed by atoms with van der Waals surface area (Å²) in [6, 6.07) is 7.76. The average Bonchev–Trinajstić information content (AvgIpc) is 2.32. The van der Waals surface area contributed by atoms with Crippen molar-refractivity contribution in [3.63, 3.8) is 0 Å². The second-order valence-electron chi connectivity index (χ2n) is 4.14. The summed E-state index contributed by atoms with van der Waals surface area (Å²) >= 11 is 3.19. The van der Waals surface area contributed by atoms with Crippen molar-refractivity contribution in [2.24, 2.45) is 0 Å². The van der Waals surface area contributed by atoms with E-state index in [1.54, 1.807) is 12.1 Å². The van der Waals surface area contributed by atoms with Crippen molar-refractivity contribution < 1.29 is 17.2 Å². The summed E-state index contributed by atoms with van der Waals surface area (Å²) in [5, 5.41) is 0. The fourth-order valence-electron chi connectivity index (χ4n) is 1.64. The van der Waals surface area contributed by atoms with E-state index >= 15 is 0 Å². The van der Waals surface area contributed by atoms with E-state index in [1.807, 2.05) is 6.92 Å². The molecular formula is C13H10BrF2NO2S. The van der Waals surface area contributed by atoms with E-state index in [0.717, 1.165) is 23.8 Å². The molecule has 0 aromatic heterocycles. The molecule has 0 aliphatic heterocycles. The number of nitrogens with one attached hydrogen (secondary N) is 1. The Balaban J connectivity index is 2.46. The highest BCUT2D eigenvalue weighted by Crippen LogP contribution is 2.27. The van der Waals surface area contributed by atoms with Gasteiger partial charge in [0.2, 0.25) is 0 Å². The molecule has 0 spiro atoms. The highest BCUT2D eigenvalue weighted by atomic mass is 79.9. The molecule has 106 valence electrons. The first kappa shape index (κ1) is 14.9. The normalized spacial score (nSPS) is 11.4. The van der Waals surface area contributed by atoms with Crippen LogP contribution in [0.3, 0.4) is 0 Å². The van der Waals surface area contributed by atoms with E-state index in [1.165, 1.54) is 6.07 Å². The van der Waals surface area contributed by atoms with Crippen LogP contribution in [0.15, 0.2) is 45.8 Å². The minimum absolute atomic E-state index is 0.207. The van der Waals surface area contributed by atoms with Gasteiger partial charge in [-0.2, -0.15) is 0 Å². The fraction of sp³-hybridized carbons (Fsp3) is 0.0769. The molecule has 20 heavy (non-hydrogen) atoms. The lowest BCUT2D eigenvalue weighted by Gasteiger charge is -2.11. The quantitative estimate of drug-likeness (QED) is 0.902. The molecule has 0 saturated heterocycles. The summed E-state index contributed by atoms with van der Waals surface area (Å²) in [6.45, 7) is 1.83. The van der Waals surface area contributed by atoms with Crippen LogP contribution in [0.2, 0.25) is 0 Å². The van der Waals surface area contributed by atoms with Gasteiger partial charge in [-0.15, -0.1) is 0 Å². The molecule has 7 heteroatoms. The number of sulfonamides is 1. The summed E-state index contributed by atoms with van der Waals surface area (Å²) in [4.78, 5) is -0.993. The van der Waals surface area contributed by atoms with Crippen LogP contribution in [-0.4, -0.2) is 8.42 Å². The molecule has 0 bridgehead atoms. The molecule has 2 rings (SSSR count). The molecular weight excluding hydrogens is 352 g/mol. The Morgan fingerprint density at radius 2 is 1.70 bits per heavy atom. The monoisotopic (exact) mass is 361 g/mol. The van der Waals surface area contributed by atoms with Crippen LogP contribution >= 0.6 is 15.9 Å². The first-order valence-corrected chi connectivity index (χ1v) is 7.82. The molecule has 0 fully saturated rings. The van der Waals surface area contributed by atoms with Crippen molar-refractivity contribution in [1.82, 2.24) is 0 Å². The van der Waals surface area contributed by atoms with Gasteiger partial charge >= 0.3 is 0 Å². The lowest BCUT2D eigenvalue weighted by Crippen LogP contribution is -2.16. The predicted octanol–water partition coefficient (Wildman–Crippen LogP) is 3.84. The van der Waals surface area contributed by atoms with Crippen LogP contribution in [0, 0.1) is 18.6 Å². The number of anilines is 1. The molecule has 3 nitrogen and oxygen atoms in total. The van der Waals surface area contributed by atoms with Gasteiger partial charge in [0.15, 0.2) is 4.90 Å². The number of halogens is 3. The van der Waals surface area contributed by atoms with Crippen molar-refractivity contribution in [2.45, 2.75) is 11.8 Å². The molecule has 0 amide bonds. The number of rotatable bonds is 3. The van der Waals surface area contributed by atoms with Gasteiger partial charge in [0.25, 0.3) is 10.0 Å². The number of aryl methyl sites for hydroxylation is 1. The van der Waals surface area contributed by atoms with Crippen molar-refractivity contribution in [3.8, 4) is 0 Å². The average molecular weight is 362 g/mol. The molecule has 0 heterocycles. The van der Waals surface area contributed by atoms with E-state index in [0.29, 0.717) is 4.47 Å². The summed E-state index contributed by atoms with van der Waals surface area (Å²) in [6.07, 6.45) is 0. The zero-order valence-electron chi connectivity index (χ0n) is 10.3. The summed E-state index contributed by atoms with van der Waals surface area (Å²) < 4.78 is 53.9. The predicted molar refractivity (Wildman–Crippen MR) is 76.0 cm³/mol. The molecule has 0 unspecified atom stereocenters. The van der Waals surface area contributed by atoms with Gasteiger partial charge in [-0.25, -0.2) is 17.2 Å². The largest absolute Gasteiger partial charge is 0.278 e. The van der Waals surface area contributed by atoms with Crippen LogP contribution < -0.4 is 4.72 Å². The molecule has 2 aromatic carbocycles. The first-order valence-electron chi connectivity index (χ1n) is 5.54. The second-order valence-corrected chi connectivity index (χ2v) is 6.61. The topological polar surface area (TPSA) is 46.2 Å². The Labute approximate surface area is 123 Å². The van der Waals surface area contributed by atoms with Crippen LogP contribution in [0.1, 0.15) is 5.56 Å². The summed E-state index contributed by atoms with van der Waals surface area (Å²) in [5.41, 5.74) is 1.12. The van der Waals surface area contributed by atoms with Gasteiger partial charge < -0.3 is 0 Å². The van der Waals surface area contributed by atoms with Gasteiger partial charge in [-0.1, -0.05) is 12.1 Å². The highest BCUT2D eigenvalue weighted by molar-refractivity contribution is 9.10. The zero-order chi connectivity index (χ0) is 14.9. The highest BCUT2D eigenvalue weighted by Gasteiger charge is 2.24. The Kier molecular flexibility index (Phi) is 4.10. The molecule has 1 N–H and O–H groups in total. The maximum absolute atomic E-state index is 13.5. The standard InChI is InChI=1S/C13H10BrF2NO2S/c1-8-5-6-12(9(14)7-8)17-20(18,19)13-10(15)3-2-4-11(13)16/h2-7,17H,1H3. The van der Waals surface area contributed by atoms with Gasteiger partial charge in [-0.3, -0.25) is 4.72 Å². The Morgan fingerprint density at radius 3 is 2.25 bits per heavy atom. The minimum Gasteiger partial charge on any atom is -0.278 e. The Hall–Kier alpha value is -1.47. The first-order chi connectivity index (χ1) is 9.31. The van der Waals surface area contributed by atoms with Gasteiger partial charge in [0.05, 0.1) is 5.69 Å². The maximum Gasteiger partial charge on any atom is 0.267 e. The molecule has 0 aliphatic carbocycles. The van der Waals surface area contributed by atoms with Crippen molar-refractivity contribution >= 4 is 31.6 Å². The Bertz CT molecular complexity index is 743. The third-order valence-electron chi connectivity index (χ3n) is 2.56. The third kappa shape index (κ3) is 2.99. The lowest BCUT2D eigenvalue weighted by molar-refractivity contribution is 0.521. The molecule has 2 aromatic rings. The van der Waals surface area contributed by atoms with Crippen LogP contribution in [0.5, 0.6) is 0 Å². The van der Waals surface area contributed by atoms with Crippen molar-refractivity contribution in [3.05, 3.63) is 58.1 Å². The molecule has 0 atom stereocenters. The number of hydrogen-bond acceptors (Lipinski definition) is 2. The van der Waals surface area contributed by atoms with Crippen molar-refractivity contribution in [2.75, 3.05) is 4.72 Å². The lowest BCUT2D eigenvalue weighted by atomic mass is 10.2. The van der Waals surface area contributed by atoms with Crippen molar-refractivity contribution in [1.29, 1.82) is 0 Å². The molecule has 0 aliphatic rings. The number of hydrogen-bond donors (Lipinski definition) is 1. The van der Waals surface area contributed by atoms with Gasteiger partial charge in [0.1, 0.15) is 11.6 Å². The Morgan fingerprint density at radius 1 is 1.10 bits per heavy atom. The summed E-state index contributed by atoms with van der Waals surface area (Å²) in [7, 11) is -4.34. The van der Waals surface area contributed by atoms with E-state index in [9.17, 15) is 17.2 Å². The van der Waals surface area contributed by atoms with Crippen LogP contribution in [0.4, 0.5) is 14.5 Å². The van der Waals surface area contributed by atoms with E-state index in [-0.39, 0.29) is 5.69 Å². The number of benzene rings is 2. The second kappa shape index (κ2) is 5.49. The van der Waals surface area contributed by atoms with Gasteiger partial charge in [-0.05, 0) is 52.7 Å².